The monoisotopic (exact) mass is 229 g/mol. The molecule has 2 amide bonds. The fraction of sp³-hybridized carbons (Fsp3) is 0.286. The van der Waals surface area contributed by atoms with Crippen molar-refractivity contribution in [2.75, 3.05) is 0 Å². The fourth-order valence-corrected chi connectivity index (χ4v) is 1.94. The van der Waals surface area contributed by atoms with Crippen LogP contribution in [0, 0.1) is 0 Å². The lowest BCUT2D eigenvalue weighted by Crippen LogP contribution is -2.29. The highest BCUT2D eigenvalue weighted by molar-refractivity contribution is 6.12. The molecule has 88 valence electrons. The van der Waals surface area contributed by atoms with E-state index in [9.17, 15) is 9.59 Å². The lowest BCUT2D eigenvalue weighted by molar-refractivity contribution is -0.137. The van der Waals surface area contributed by atoms with Gasteiger partial charge in [-0.1, -0.05) is 37.6 Å². The van der Waals surface area contributed by atoms with Crippen molar-refractivity contribution in [3.63, 3.8) is 0 Å². The summed E-state index contributed by atoms with van der Waals surface area (Å²) in [6.07, 6.45) is 4.75. The summed E-state index contributed by atoms with van der Waals surface area (Å²) in [5.41, 5.74) is 2.25. The van der Waals surface area contributed by atoms with E-state index < -0.39 is 0 Å². The molecule has 0 aliphatic carbocycles. The Morgan fingerprint density at radius 3 is 2.35 bits per heavy atom. The quantitative estimate of drug-likeness (QED) is 0.741. The highest BCUT2D eigenvalue weighted by Gasteiger charge is 2.23. The summed E-state index contributed by atoms with van der Waals surface area (Å²) in [6, 6.07) is 8.04. The van der Waals surface area contributed by atoms with Crippen LogP contribution in [-0.4, -0.2) is 16.7 Å². The minimum atomic E-state index is -0.226. The molecule has 1 aliphatic heterocycles. The van der Waals surface area contributed by atoms with E-state index in [0.29, 0.717) is 6.54 Å². The Balaban J connectivity index is 2.11. The van der Waals surface area contributed by atoms with Gasteiger partial charge in [0.1, 0.15) is 0 Å². The van der Waals surface area contributed by atoms with E-state index in [1.165, 1.54) is 22.6 Å². The van der Waals surface area contributed by atoms with Gasteiger partial charge in [0.2, 0.25) is 0 Å². The molecule has 0 bridgehead atoms. The number of hydrogen-bond acceptors (Lipinski definition) is 2. The molecule has 1 aromatic rings. The summed E-state index contributed by atoms with van der Waals surface area (Å²) in [6.45, 7) is 2.49. The first-order valence-electron chi connectivity index (χ1n) is 5.82. The molecule has 0 N–H and O–H groups in total. The Hall–Kier alpha value is -1.90. The average molecular weight is 229 g/mol. The largest absolute Gasteiger partial charge is 0.271 e. The van der Waals surface area contributed by atoms with Crippen LogP contribution in [0.25, 0.3) is 0 Å². The van der Waals surface area contributed by atoms with Crippen LogP contribution in [-0.2, 0) is 22.6 Å². The van der Waals surface area contributed by atoms with Gasteiger partial charge in [-0.3, -0.25) is 14.5 Å². The normalized spacial score (nSPS) is 14.8. The van der Waals surface area contributed by atoms with E-state index in [1.54, 1.807) is 0 Å². The highest BCUT2D eigenvalue weighted by Crippen LogP contribution is 2.13. The van der Waals surface area contributed by atoms with Crippen molar-refractivity contribution in [3.8, 4) is 0 Å². The zero-order valence-electron chi connectivity index (χ0n) is 9.85. The molecule has 2 rings (SSSR count). The van der Waals surface area contributed by atoms with E-state index >= 15 is 0 Å². The van der Waals surface area contributed by atoms with Crippen molar-refractivity contribution in [3.05, 3.63) is 47.5 Å². The number of imide groups is 1. The zero-order valence-corrected chi connectivity index (χ0v) is 9.85. The highest BCUT2D eigenvalue weighted by atomic mass is 16.2. The van der Waals surface area contributed by atoms with Crippen LogP contribution in [0.3, 0.4) is 0 Å². The summed E-state index contributed by atoms with van der Waals surface area (Å²) < 4.78 is 0. The Bertz CT molecular complexity index is 459. The van der Waals surface area contributed by atoms with E-state index in [-0.39, 0.29) is 11.8 Å². The van der Waals surface area contributed by atoms with Gasteiger partial charge in [-0.25, -0.2) is 0 Å². The summed E-state index contributed by atoms with van der Waals surface area (Å²) in [5, 5.41) is 0. The second-order valence-corrected chi connectivity index (χ2v) is 4.17. The number of carbonyl (C=O) groups excluding carboxylic acids is 2. The maximum atomic E-state index is 11.4. The van der Waals surface area contributed by atoms with Gasteiger partial charge in [0.25, 0.3) is 11.8 Å². The molecule has 17 heavy (non-hydrogen) atoms. The van der Waals surface area contributed by atoms with Crippen LogP contribution >= 0.6 is 0 Å². The molecule has 0 unspecified atom stereocenters. The fourth-order valence-electron chi connectivity index (χ4n) is 1.94. The van der Waals surface area contributed by atoms with Gasteiger partial charge in [0, 0.05) is 12.2 Å². The Labute approximate surface area is 101 Å². The summed E-state index contributed by atoms with van der Waals surface area (Å²) in [4.78, 5) is 24.1. The lowest BCUT2D eigenvalue weighted by atomic mass is 10.1. The van der Waals surface area contributed by atoms with Gasteiger partial charge >= 0.3 is 0 Å². The van der Waals surface area contributed by atoms with Crippen LogP contribution in [0.5, 0.6) is 0 Å². The second-order valence-electron chi connectivity index (χ2n) is 4.17. The number of rotatable bonds is 4. The van der Waals surface area contributed by atoms with Crippen LogP contribution in [0.1, 0.15) is 24.5 Å². The van der Waals surface area contributed by atoms with Crippen LogP contribution in [0.4, 0.5) is 0 Å². The minimum absolute atomic E-state index is 0.226. The number of benzene rings is 1. The molecule has 0 spiro atoms. The van der Waals surface area contributed by atoms with Gasteiger partial charge in [-0.05, 0) is 17.5 Å². The Morgan fingerprint density at radius 1 is 1.06 bits per heavy atom. The molecule has 0 atom stereocenters. The SMILES string of the molecule is CCCc1cccc(CN2C(=O)C=CC2=O)c1. The molecule has 1 aliphatic rings. The minimum Gasteiger partial charge on any atom is -0.271 e. The first kappa shape index (κ1) is 11.6. The molecule has 0 aromatic heterocycles. The molecule has 0 fully saturated rings. The summed E-state index contributed by atoms with van der Waals surface area (Å²) >= 11 is 0. The molecule has 3 heteroatoms. The zero-order chi connectivity index (χ0) is 12.3. The average Bonchev–Trinajstić information content (AvgIpc) is 2.62. The van der Waals surface area contributed by atoms with Gasteiger partial charge < -0.3 is 0 Å². The van der Waals surface area contributed by atoms with Gasteiger partial charge in [0.15, 0.2) is 0 Å². The Kier molecular flexibility index (Phi) is 3.38. The summed E-state index contributed by atoms with van der Waals surface area (Å²) in [7, 11) is 0. The number of nitrogens with zero attached hydrogens (tertiary/aromatic N) is 1. The maximum Gasteiger partial charge on any atom is 0.253 e. The van der Waals surface area contributed by atoms with E-state index in [0.717, 1.165) is 18.4 Å². The first-order chi connectivity index (χ1) is 8.20. The third-order valence-electron chi connectivity index (χ3n) is 2.77. The molecule has 1 heterocycles. The number of aryl methyl sites for hydroxylation is 1. The van der Waals surface area contributed by atoms with Crippen molar-refractivity contribution in [2.24, 2.45) is 0 Å². The van der Waals surface area contributed by atoms with Gasteiger partial charge in [-0.15, -0.1) is 0 Å². The van der Waals surface area contributed by atoms with Crippen LogP contribution in [0.2, 0.25) is 0 Å². The molecule has 1 aromatic carbocycles. The van der Waals surface area contributed by atoms with Crippen molar-refractivity contribution in [1.82, 2.24) is 4.90 Å². The molecule has 3 nitrogen and oxygen atoms in total. The third kappa shape index (κ3) is 2.61. The third-order valence-corrected chi connectivity index (χ3v) is 2.77. The van der Waals surface area contributed by atoms with Crippen molar-refractivity contribution in [2.45, 2.75) is 26.3 Å². The molecule has 0 saturated heterocycles. The predicted molar refractivity (Wildman–Crippen MR) is 65.1 cm³/mol. The number of amides is 2. The predicted octanol–water partition coefficient (Wildman–Crippen LogP) is 2.06. The van der Waals surface area contributed by atoms with Gasteiger partial charge in [0.05, 0.1) is 6.54 Å². The van der Waals surface area contributed by atoms with Crippen molar-refractivity contribution >= 4 is 11.8 Å². The summed E-state index contributed by atoms with van der Waals surface area (Å²) in [5.74, 6) is -0.452. The lowest BCUT2D eigenvalue weighted by Gasteiger charge is -2.14. The van der Waals surface area contributed by atoms with Gasteiger partial charge in [-0.2, -0.15) is 0 Å². The van der Waals surface area contributed by atoms with E-state index in [1.807, 2.05) is 12.1 Å². The topological polar surface area (TPSA) is 37.4 Å². The molecule has 0 radical (unpaired) electrons. The number of carbonyl (C=O) groups is 2. The van der Waals surface area contributed by atoms with Crippen LogP contribution in [0.15, 0.2) is 36.4 Å². The molecular weight excluding hydrogens is 214 g/mol. The van der Waals surface area contributed by atoms with Crippen LogP contribution < -0.4 is 0 Å². The van der Waals surface area contributed by atoms with Crippen molar-refractivity contribution in [1.29, 1.82) is 0 Å². The van der Waals surface area contributed by atoms with E-state index in [2.05, 4.69) is 19.1 Å². The van der Waals surface area contributed by atoms with E-state index in [4.69, 9.17) is 0 Å². The first-order valence-corrected chi connectivity index (χ1v) is 5.82. The maximum absolute atomic E-state index is 11.4. The Morgan fingerprint density at radius 2 is 1.71 bits per heavy atom. The molecular formula is C14H15NO2. The molecule has 0 saturated carbocycles. The smallest absolute Gasteiger partial charge is 0.253 e. The number of hydrogen-bond donors (Lipinski definition) is 0. The second kappa shape index (κ2) is 4.95. The standard InChI is InChI=1S/C14H15NO2/c1-2-4-11-5-3-6-12(9-11)10-15-13(16)7-8-14(15)17/h3,5-9H,2,4,10H2,1H3. The van der Waals surface area contributed by atoms with Crippen molar-refractivity contribution < 1.29 is 9.59 Å².